The number of aromatic nitrogens is 2. The molecule has 1 N–H and O–H groups in total. The number of pyridine rings is 1. The first-order valence-corrected chi connectivity index (χ1v) is 6.70. The second-order valence-corrected chi connectivity index (χ2v) is 4.93. The number of carboxylic acid groups (broad SMARTS) is 1. The van der Waals surface area contributed by atoms with E-state index in [1.54, 1.807) is 15.5 Å². The van der Waals surface area contributed by atoms with Crippen LogP contribution in [-0.2, 0) is 9.53 Å². The normalized spacial score (nSPS) is 18.9. The summed E-state index contributed by atoms with van der Waals surface area (Å²) in [5.41, 5.74) is 1.06. The van der Waals surface area contributed by atoms with Crippen molar-refractivity contribution in [3.63, 3.8) is 0 Å². The Hall–Kier alpha value is -2.41. The van der Waals surface area contributed by atoms with Gasteiger partial charge in [-0.05, 0) is 12.1 Å². The van der Waals surface area contributed by atoms with Crippen LogP contribution in [0, 0.1) is 0 Å². The molecule has 1 saturated heterocycles. The van der Waals surface area contributed by atoms with Gasteiger partial charge in [0.05, 0.1) is 19.1 Å². The van der Waals surface area contributed by atoms with Gasteiger partial charge < -0.3 is 19.1 Å². The fourth-order valence-electron chi connectivity index (χ4n) is 2.42. The van der Waals surface area contributed by atoms with Crippen LogP contribution < -0.4 is 0 Å². The number of amides is 1. The monoisotopic (exact) mass is 289 g/mol. The number of ether oxygens (including phenoxy) is 1. The molecule has 0 aromatic carbocycles. The second-order valence-electron chi connectivity index (χ2n) is 4.93. The highest BCUT2D eigenvalue weighted by molar-refractivity contribution is 5.93. The molecule has 0 spiro atoms. The van der Waals surface area contributed by atoms with Crippen molar-refractivity contribution in [3.8, 4) is 0 Å². The summed E-state index contributed by atoms with van der Waals surface area (Å²) in [6.45, 7) is 1.07. The van der Waals surface area contributed by atoms with Gasteiger partial charge in [0.15, 0.2) is 0 Å². The third-order valence-electron chi connectivity index (χ3n) is 3.41. The zero-order valence-electron chi connectivity index (χ0n) is 11.3. The van der Waals surface area contributed by atoms with Crippen LogP contribution in [-0.4, -0.2) is 57.1 Å². The lowest BCUT2D eigenvalue weighted by atomic mass is 10.2. The van der Waals surface area contributed by atoms with Crippen LogP contribution in [0.3, 0.4) is 0 Å². The van der Waals surface area contributed by atoms with Crippen LogP contribution in [0.1, 0.15) is 16.9 Å². The minimum atomic E-state index is -0.929. The van der Waals surface area contributed by atoms with Gasteiger partial charge >= 0.3 is 5.97 Å². The summed E-state index contributed by atoms with van der Waals surface area (Å²) >= 11 is 0. The predicted molar refractivity (Wildman–Crippen MR) is 73.1 cm³/mol. The van der Waals surface area contributed by atoms with E-state index in [2.05, 4.69) is 4.98 Å². The van der Waals surface area contributed by atoms with E-state index in [0.29, 0.717) is 24.5 Å². The Morgan fingerprint density at radius 3 is 3.05 bits per heavy atom. The summed E-state index contributed by atoms with van der Waals surface area (Å²) in [4.78, 5) is 29.1. The molecule has 21 heavy (non-hydrogen) atoms. The van der Waals surface area contributed by atoms with Gasteiger partial charge in [0.2, 0.25) is 0 Å². The first kappa shape index (κ1) is 13.6. The molecule has 3 rings (SSSR count). The van der Waals surface area contributed by atoms with Crippen molar-refractivity contribution in [1.82, 2.24) is 14.3 Å². The average Bonchev–Trinajstić information content (AvgIpc) is 2.90. The number of fused-ring (bicyclic) bond motifs is 1. The van der Waals surface area contributed by atoms with E-state index >= 15 is 0 Å². The Balaban J connectivity index is 1.76. The quantitative estimate of drug-likeness (QED) is 0.897. The van der Waals surface area contributed by atoms with Crippen molar-refractivity contribution >= 4 is 17.5 Å². The van der Waals surface area contributed by atoms with Gasteiger partial charge in [-0.15, -0.1) is 0 Å². The Labute approximate surface area is 120 Å². The highest BCUT2D eigenvalue weighted by atomic mass is 16.5. The van der Waals surface area contributed by atoms with Gasteiger partial charge in [-0.1, -0.05) is 6.07 Å². The van der Waals surface area contributed by atoms with Crippen molar-refractivity contribution in [1.29, 1.82) is 0 Å². The SMILES string of the molecule is O=C(O)CC1CN(C(=O)c2cn3ccccc3n2)CCO1. The van der Waals surface area contributed by atoms with Crippen LogP contribution in [0.4, 0.5) is 0 Å². The fourth-order valence-corrected chi connectivity index (χ4v) is 2.42. The topological polar surface area (TPSA) is 84.1 Å². The van der Waals surface area contributed by atoms with E-state index in [-0.39, 0.29) is 18.9 Å². The molecule has 3 heterocycles. The number of imidazole rings is 1. The molecule has 1 atom stereocenters. The average molecular weight is 289 g/mol. The van der Waals surface area contributed by atoms with Crippen LogP contribution in [0.5, 0.6) is 0 Å². The van der Waals surface area contributed by atoms with E-state index in [1.165, 1.54) is 0 Å². The third-order valence-corrected chi connectivity index (χ3v) is 3.41. The Morgan fingerprint density at radius 1 is 1.43 bits per heavy atom. The molecule has 0 radical (unpaired) electrons. The first-order valence-electron chi connectivity index (χ1n) is 6.70. The molecule has 0 aliphatic carbocycles. The number of hydrogen-bond donors (Lipinski definition) is 1. The first-order chi connectivity index (χ1) is 10.1. The van der Waals surface area contributed by atoms with Crippen molar-refractivity contribution in [2.45, 2.75) is 12.5 Å². The van der Waals surface area contributed by atoms with E-state index in [9.17, 15) is 9.59 Å². The third kappa shape index (κ3) is 2.87. The summed E-state index contributed by atoms with van der Waals surface area (Å²) in [5, 5.41) is 8.80. The minimum Gasteiger partial charge on any atom is -0.481 e. The molecule has 1 amide bonds. The maximum Gasteiger partial charge on any atom is 0.306 e. The lowest BCUT2D eigenvalue weighted by Gasteiger charge is -2.31. The summed E-state index contributed by atoms with van der Waals surface area (Å²) in [6, 6.07) is 5.54. The molecule has 1 unspecified atom stereocenters. The van der Waals surface area contributed by atoms with Crippen LogP contribution >= 0.6 is 0 Å². The Kier molecular flexibility index (Phi) is 3.57. The lowest BCUT2D eigenvalue weighted by molar-refractivity contribution is -0.141. The Morgan fingerprint density at radius 2 is 2.29 bits per heavy atom. The molecule has 2 aromatic heterocycles. The van der Waals surface area contributed by atoms with E-state index in [0.717, 1.165) is 0 Å². The minimum absolute atomic E-state index is 0.102. The summed E-state index contributed by atoms with van der Waals surface area (Å²) < 4.78 is 7.14. The summed E-state index contributed by atoms with van der Waals surface area (Å²) in [6.07, 6.45) is 2.94. The maximum absolute atomic E-state index is 12.4. The van der Waals surface area contributed by atoms with Crippen molar-refractivity contribution in [2.75, 3.05) is 19.7 Å². The highest BCUT2D eigenvalue weighted by Crippen LogP contribution is 2.13. The van der Waals surface area contributed by atoms with Gasteiger partial charge in [0.25, 0.3) is 5.91 Å². The number of carbonyl (C=O) groups is 2. The number of carbonyl (C=O) groups excluding carboxylic acids is 1. The number of carboxylic acids is 1. The van der Waals surface area contributed by atoms with Gasteiger partial charge in [-0.2, -0.15) is 0 Å². The fraction of sp³-hybridized carbons (Fsp3) is 0.357. The lowest BCUT2D eigenvalue weighted by Crippen LogP contribution is -2.46. The van der Waals surface area contributed by atoms with Crippen LogP contribution in [0.25, 0.3) is 5.65 Å². The largest absolute Gasteiger partial charge is 0.481 e. The molecule has 1 fully saturated rings. The smallest absolute Gasteiger partial charge is 0.306 e. The molecule has 0 saturated carbocycles. The van der Waals surface area contributed by atoms with E-state index in [4.69, 9.17) is 9.84 Å². The molecular formula is C14H15N3O4. The molecule has 2 aromatic rings. The molecular weight excluding hydrogens is 274 g/mol. The van der Waals surface area contributed by atoms with E-state index in [1.807, 2.05) is 24.4 Å². The molecule has 0 bridgehead atoms. The van der Waals surface area contributed by atoms with Gasteiger partial charge in [0, 0.05) is 25.5 Å². The summed E-state index contributed by atoms with van der Waals surface area (Å²) in [7, 11) is 0. The molecule has 7 nitrogen and oxygen atoms in total. The van der Waals surface area contributed by atoms with Crippen molar-refractivity contribution in [2.24, 2.45) is 0 Å². The van der Waals surface area contributed by atoms with Crippen LogP contribution in [0.15, 0.2) is 30.6 Å². The molecule has 110 valence electrons. The number of hydrogen-bond acceptors (Lipinski definition) is 4. The van der Waals surface area contributed by atoms with Crippen molar-refractivity contribution < 1.29 is 19.4 Å². The zero-order valence-corrected chi connectivity index (χ0v) is 11.3. The van der Waals surface area contributed by atoms with Gasteiger partial charge in [0.1, 0.15) is 11.3 Å². The number of aliphatic carboxylic acids is 1. The number of rotatable bonds is 3. The molecule has 1 aliphatic heterocycles. The number of morpholine rings is 1. The number of nitrogens with zero attached hydrogens (tertiary/aromatic N) is 3. The highest BCUT2D eigenvalue weighted by Gasteiger charge is 2.27. The predicted octanol–water partition coefficient (Wildman–Crippen LogP) is 0.650. The second kappa shape index (κ2) is 5.53. The van der Waals surface area contributed by atoms with Crippen molar-refractivity contribution in [3.05, 3.63) is 36.3 Å². The molecule has 7 heteroatoms. The van der Waals surface area contributed by atoms with Crippen LogP contribution in [0.2, 0.25) is 0 Å². The zero-order chi connectivity index (χ0) is 14.8. The Bertz CT molecular complexity index is 649. The molecule has 1 aliphatic rings. The maximum atomic E-state index is 12.4. The van der Waals surface area contributed by atoms with E-state index < -0.39 is 12.1 Å². The summed E-state index contributed by atoms with van der Waals surface area (Å²) in [5.74, 6) is -1.13. The van der Waals surface area contributed by atoms with Gasteiger partial charge in [-0.25, -0.2) is 4.98 Å². The van der Waals surface area contributed by atoms with Gasteiger partial charge in [-0.3, -0.25) is 9.59 Å². The standard InChI is InChI=1S/C14H15N3O4/c18-13(19)7-10-8-17(5-6-21-10)14(20)11-9-16-4-2-1-3-12(16)15-11/h1-4,9-10H,5-8H2,(H,18,19).